The van der Waals surface area contributed by atoms with Gasteiger partial charge < -0.3 is 10.1 Å². The molecule has 4 rings (SSSR count). The Hall–Kier alpha value is -1.54. The second-order valence-corrected chi connectivity index (χ2v) is 8.57. The molecule has 1 aromatic rings. The summed E-state index contributed by atoms with van der Waals surface area (Å²) in [6.45, 7) is 3.20. The van der Waals surface area contributed by atoms with E-state index < -0.39 is 0 Å². The van der Waals surface area contributed by atoms with Gasteiger partial charge >= 0.3 is 0 Å². The molecular weight excluding hydrogens is 330 g/mol. The molecule has 0 aromatic heterocycles. The smallest absolute Gasteiger partial charge is 0.0892 e. The van der Waals surface area contributed by atoms with Gasteiger partial charge in [0.25, 0.3) is 0 Å². The molecule has 2 aliphatic heterocycles. The lowest BCUT2D eigenvalue weighted by molar-refractivity contribution is -0.0242. The Balaban J connectivity index is 0.00000225. The van der Waals surface area contributed by atoms with Crippen LogP contribution in [0.3, 0.4) is 0 Å². The largest absolute Gasteiger partial charge is 0.378 e. The molecule has 148 valence electrons. The molecule has 0 radical (unpaired) electrons. The highest BCUT2D eigenvalue weighted by Crippen LogP contribution is 2.44. The Morgan fingerprint density at radius 2 is 1.96 bits per heavy atom. The first-order chi connectivity index (χ1) is 13.4. The first-order valence-corrected chi connectivity index (χ1v) is 11.2. The molecule has 1 aromatic carbocycles. The standard InChI is InChI=1S/C25H35NO.H2/c1-2-3-4-5-7-11-19-15-16-23-22(18-19)25-21(14-10-17-27-25)24(26-23)20-12-8-6-9-13-20;/h6,8-9,12-13,16,18-19,21,24-26H,2-5,7,10-11,14-15,17H2,1H3;1H/t19?,21-,24-,25-;/m0./s1. The molecule has 1 N–H and O–H groups in total. The summed E-state index contributed by atoms with van der Waals surface area (Å²) < 4.78 is 6.36. The van der Waals surface area contributed by atoms with Crippen molar-refractivity contribution in [1.29, 1.82) is 0 Å². The lowest BCUT2D eigenvalue weighted by Crippen LogP contribution is -2.47. The normalized spacial score (nSPS) is 29.8. The number of benzene rings is 1. The number of rotatable bonds is 7. The lowest BCUT2D eigenvalue weighted by Gasteiger charge is -2.46. The van der Waals surface area contributed by atoms with E-state index in [2.05, 4.69) is 54.7 Å². The number of nitrogens with one attached hydrogen (secondary N) is 1. The van der Waals surface area contributed by atoms with Crippen LogP contribution in [0.5, 0.6) is 0 Å². The second-order valence-electron chi connectivity index (χ2n) is 8.57. The lowest BCUT2D eigenvalue weighted by atomic mass is 9.74. The molecule has 0 amide bonds. The van der Waals surface area contributed by atoms with Gasteiger partial charge in [-0.3, -0.25) is 0 Å². The molecule has 2 fully saturated rings. The fourth-order valence-corrected chi connectivity index (χ4v) is 5.13. The molecule has 0 bridgehead atoms. The number of fused-ring (bicyclic) bond motifs is 3. The van der Waals surface area contributed by atoms with Crippen molar-refractivity contribution in [1.82, 2.24) is 5.32 Å². The minimum Gasteiger partial charge on any atom is -0.378 e. The van der Waals surface area contributed by atoms with Crippen molar-refractivity contribution in [2.75, 3.05) is 6.61 Å². The number of hydrogen-bond acceptors (Lipinski definition) is 2. The van der Waals surface area contributed by atoms with E-state index in [9.17, 15) is 0 Å². The molecule has 2 heterocycles. The first kappa shape index (κ1) is 18.8. The van der Waals surface area contributed by atoms with Crippen LogP contribution in [-0.4, -0.2) is 12.7 Å². The maximum absolute atomic E-state index is 6.36. The highest BCUT2D eigenvalue weighted by molar-refractivity contribution is 5.42. The third-order valence-electron chi connectivity index (χ3n) is 6.60. The van der Waals surface area contributed by atoms with Crippen LogP contribution >= 0.6 is 0 Å². The molecule has 0 saturated carbocycles. The highest BCUT2D eigenvalue weighted by Gasteiger charge is 2.42. The second kappa shape index (κ2) is 9.10. The zero-order chi connectivity index (χ0) is 18.5. The number of allylic oxidation sites excluding steroid dienone is 2. The molecule has 27 heavy (non-hydrogen) atoms. The van der Waals surface area contributed by atoms with E-state index in [1.807, 2.05) is 0 Å². The molecule has 1 unspecified atom stereocenters. The summed E-state index contributed by atoms with van der Waals surface area (Å²) >= 11 is 0. The fraction of sp³-hybridized carbons (Fsp3) is 0.600. The first-order valence-electron chi connectivity index (χ1n) is 11.2. The molecule has 0 spiro atoms. The third kappa shape index (κ3) is 4.32. The van der Waals surface area contributed by atoms with Crippen LogP contribution in [0.15, 0.2) is 53.8 Å². The van der Waals surface area contributed by atoms with E-state index in [4.69, 9.17) is 4.74 Å². The minimum atomic E-state index is 0. The van der Waals surface area contributed by atoms with Crippen LogP contribution < -0.4 is 5.32 Å². The van der Waals surface area contributed by atoms with E-state index >= 15 is 0 Å². The van der Waals surface area contributed by atoms with Gasteiger partial charge in [-0.25, -0.2) is 0 Å². The average molecular weight is 368 g/mol. The Morgan fingerprint density at radius 1 is 1.11 bits per heavy atom. The Kier molecular flexibility index (Phi) is 6.34. The summed E-state index contributed by atoms with van der Waals surface area (Å²) in [5.74, 6) is 1.25. The fourth-order valence-electron chi connectivity index (χ4n) is 5.13. The summed E-state index contributed by atoms with van der Waals surface area (Å²) in [5.41, 5.74) is 4.20. The molecule has 2 saturated heterocycles. The predicted octanol–water partition coefficient (Wildman–Crippen LogP) is 6.56. The van der Waals surface area contributed by atoms with Crippen molar-refractivity contribution in [2.24, 2.45) is 11.8 Å². The van der Waals surface area contributed by atoms with Gasteiger partial charge in [0.15, 0.2) is 0 Å². The summed E-state index contributed by atoms with van der Waals surface area (Å²) in [6.07, 6.45) is 17.1. The van der Waals surface area contributed by atoms with E-state index in [1.54, 1.807) is 0 Å². The van der Waals surface area contributed by atoms with Gasteiger partial charge in [-0.1, -0.05) is 81.5 Å². The molecule has 4 atom stereocenters. The Bertz CT molecular complexity index is 668. The van der Waals surface area contributed by atoms with Crippen LogP contribution in [0.1, 0.15) is 77.7 Å². The molecular formula is C25H37NO. The van der Waals surface area contributed by atoms with Crippen LogP contribution in [-0.2, 0) is 4.74 Å². The average Bonchev–Trinajstić information content (AvgIpc) is 2.74. The summed E-state index contributed by atoms with van der Waals surface area (Å²) in [4.78, 5) is 0. The monoisotopic (exact) mass is 367 g/mol. The van der Waals surface area contributed by atoms with Crippen molar-refractivity contribution >= 4 is 0 Å². The van der Waals surface area contributed by atoms with E-state index in [1.165, 1.54) is 74.6 Å². The van der Waals surface area contributed by atoms with Gasteiger partial charge in [0, 0.05) is 25.2 Å². The molecule has 2 heteroatoms. The Morgan fingerprint density at radius 3 is 2.81 bits per heavy atom. The topological polar surface area (TPSA) is 21.3 Å². The maximum Gasteiger partial charge on any atom is 0.0892 e. The predicted molar refractivity (Wildman–Crippen MR) is 115 cm³/mol. The molecule has 3 aliphatic rings. The summed E-state index contributed by atoms with van der Waals surface area (Å²) in [6, 6.07) is 11.3. The number of hydrogen-bond donors (Lipinski definition) is 1. The van der Waals surface area contributed by atoms with Gasteiger partial charge in [0.2, 0.25) is 0 Å². The number of piperidine rings is 1. The van der Waals surface area contributed by atoms with Crippen molar-refractivity contribution < 1.29 is 6.16 Å². The van der Waals surface area contributed by atoms with Crippen molar-refractivity contribution in [3.63, 3.8) is 0 Å². The summed E-state index contributed by atoms with van der Waals surface area (Å²) in [7, 11) is 0. The Labute approximate surface area is 166 Å². The quantitative estimate of drug-likeness (QED) is 0.551. The number of unbranched alkanes of at least 4 members (excludes halogenated alkanes) is 4. The third-order valence-corrected chi connectivity index (χ3v) is 6.60. The van der Waals surface area contributed by atoms with Gasteiger partial charge in [-0.2, -0.15) is 0 Å². The maximum atomic E-state index is 6.36. The van der Waals surface area contributed by atoms with Crippen LogP contribution in [0.25, 0.3) is 0 Å². The zero-order valence-electron chi connectivity index (χ0n) is 16.8. The van der Waals surface area contributed by atoms with E-state index in [0.29, 0.717) is 17.9 Å². The van der Waals surface area contributed by atoms with Gasteiger partial charge in [-0.15, -0.1) is 0 Å². The van der Waals surface area contributed by atoms with Gasteiger partial charge in [0.05, 0.1) is 12.1 Å². The van der Waals surface area contributed by atoms with Crippen LogP contribution in [0.2, 0.25) is 0 Å². The van der Waals surface area contributed by atoms with Gasteiger partial charge in [0.1, 0.15) is 0 Å². The minimum absolute atomic E-state index is 0. The van der Waals surface area contributed by atoms with Crippen molar-refractivity contribution in [2.45, 2.75) is 76.9 Å². The summed E-state index contributed by atoms with van der Waals surface area (Å²) in [5, 5.41) is 3.89. The van der Waals surface area contributed by atoms with E-state index in [-0.39, 0.29) is 7.53 Å². The highest BCUT2D eigenvalue weighted by atomic mass is 16.5. The van der Waals surface area contributed by atoms with Crippen LogP contribution in [0, 0.1) is 11.8 Å². The number of ether oxygens (including phenoxy) is 1. The SMILES string of the molecule is CCCCCCCC1C=C2C(=CC1)N[C@@H](c1ccccc1)[C@@H]1CCCO[C@H]21.[HH]. The van der Waals surface area contributed by atoms with E-state index in [0.717, 1.165) is 6.61 Å². The zero-order valence-corrected chi connectivity index (χ0v) is 16.8. The van der Waals surface area contributed by atoms with Crippen LogP contribution in [0.4, 0.5) is 0 Å². The van der Waals surface area contributed by atoms with Crippen molar-refractivity contribution in [3.05, 3.63) is 59.3 Å². The van der Waals surface area contributed by atoms with Crippen molar-refractivity contribution in [3.8, 4) is 0 Å². The molecule has 2 nitrogen and oxygen atoms in total. The van der Waals surface area contributed by atoms with Gasteiger partial charge in [-0.05, 0) is 37.2 Å². The molecule has 1 aliphatic carbocycles.